The van der Waals surface area contributed by atoms with Crippen molar-refractivity contribution in [2.24, 2.45) is 7.05 Å². The van der Waals surface area contributed by atoms with Crippen molar-refractivity contribution in [3.63, 3.8) is 0 Å². The van der Waals surface area contributed by atoms with Crippen LogP contribution in [0.4, 0.5) is 11.6 Å². The fourth-order valence-electron chi connectivity index (χ4n) is 3.84. The van der Waals surface area contributed by atoms with Gasteiger partial charge in [0.25, 0.3) is 5.91 Å². The number of aryl methyl sites for hydroxylation is 1. The molecule has 0 saturated carbocycles. The highest BCUT2D eigenvalue weighted by Crippen LogP contribution is 2.34. The number of hydrogen-bond acceptors (Lipinski definition) is 7. The summed E-state index contributed by atoms with van der Waals surface area (Å²) in [6, 6.07) is 3.50. The molecule has 3 aromatic heterocycles. The molecule has 0 spiro atoms. The molecule has 2 aliphatic heterocycles. The van der Waals surface area contributed by atoms with E-state index >= 15 is 0 Å². The second kappa shape index (κ2) is 6.87. The lowest BCUT2D eigenvalue weighted by Gasteiger charge is -2.30. The molecule has 1 saturated heterocycles. The molecular formula is C19H21N7O3. The van der Waals surface area contributed by atoms with E-state index in [1.165, 1.54) is 21.8 Å². The second-order valence-electron chi connectivity index (χ2n) is 7.28. The molecule has 10 heteroatoms. The molecule has 5 heterocycles. The molecule has 0 unspecified atom stereocenters. The highest BCUT2D eigenvalue weighted by molar-refractivity contribution is 5.95. The summed E-state index contributed by atoms with van der Waals surface area (Å²) in [6.07, 6.45) is 6.31. The van der Waals surface area contributed by atoms with E-state index in [0.29, 0.717) is 41.7 Å². The molecule has 0 aromatic carbocycles. The van der Waals surface area contributed by atoms with Crippen molar-refractivity contribution in [2.45, 2.75) is 19.3 Å². The number of hydrogen-bond donors (Lipinski definition) is 0. The zero-order chi connectivity index (χ0) is 20.0. The zero-order valence-corrected chi connectivity index (χ0v) is 16.1. The minimum Gasteiger partial charge on any atom is -0.488 e. The van der Waals surface area contributed by atoms with Gasteiger partial charge in [-0.1, -0.05) is 0 Å². The topological polar surface area (TPSA) is 97.9 Å². The zero-order valence-electron chi connectivity index (χ0n) is 16.1. The van der Waals surface area contributed by atoms with Gasteiger partial charge in [0.1, 0.15) is 18.8 Å². The van der Waals surface area contributed by atoms with Crippen molar-refractivity contribution in [1.82, 2.24) is 29.0 Å². The molecule has 10 nitrogen and oxygen atoms in total. The van der Waals surface area contributed by atoms with Crippen molar-refractivity contribution >= 4 is 23.2 Å². The van der Waals surface area contributed by atoms with Crippen LogP contribution in [0, 0.1) is 0 Å². The van der Waals surface area contributed by atoms with Crippen LogP contribution < -0.4 is 15.3 Å². The van der Waals surface area contributed by atoms with E-state index < -0.39 is 0 Å². The predicted molar refractivity (Wildman–Crippen MR) is 105 cm³/mol. The summed E-state index contributed by atoms with van der Waals surface area (Å²) < 4.78 is 8.44. The van der Waals surface area contributed by atoms with E-state index in [2.05, 4.69) is 15.1 Å². The van der Waals surface area contributed by atoms with E-state index in [1.54, 1.807) is 25.4 Å². The number of carbonyl (C=O) groups is 1. The standard InChI is InChI=1S/C19H21N7O3/c1-23-19(28)26-12-21-15(10-16(26)22-23)25-7-8-29-14-9-13(11-20-17(14)25)18(27)24-5-3-2-4-6-24/h9-12H,2-8H2,1H3. The number of amides is 1. The molecule has 2 aliphatic rings. The molecule has 29 heavy (non-hydrogen) atoms. The molecule has 150 valence electrons. The number of anilines is 2. The smallest absolute Gasteiger partial charge is 0.351 e. The fourth-order valence-corrected chi connectivity index (χ4v) is 3.84. The van der Waals surface area contributed by atoms with Gasteiger partial charge < -0.3 is 14.5 Å². The van der Waals surface area contributed by atoms with Gasteiger partial charge in [0.05, 0.1) is 12.1 Å². The molecular weight excluding hydrogens is 374 g/mol. The van der Waals surface area contributed by atoms with Crippen LogP contribution in [0.2, 0.25) is 0 Å². The van der Waals surface area contributed by atoms with Gasteiger partial charge >= 0.3 is 5.69 Å². The van der Waals surface area contributed by atoms with Crippen LogP contribution in [-0.4, -0.2) is 61.2 Å². The van der Waals surface area contributed by atoms with Gasteiger partial charge in [-0.05, 0) is 25.3 Å². The van der Waals surface area contributed by atoms with E-state index in [-0.39, 0.29) is 11.6 Å². The first kappa shape index (κ1) is 17.7. The summed E-state index contributed by atoms with van der Waals surface area (Å²) in [6.45, 7) is 2.57. The molecule has 1 fully saturated rings. The highest BCUT2D eigenvalue weighted by atomic mass is 16.5. The lowest BCUT2D eigenvalue weighted by atomic mass is 10.1. The summed E-state index contributed by atoms with van der Waals surface area (Å²) in [5.74, 6) is 1.77. The monoisotopic (exact) mass is 395 g/mol. The number of aromatic nitrogens is 5. The average molecular weight is 395 g/mol. The number of pyridine rings is 1. The molecule has 0 bridgehead atoms. The van der Waals surface area contributed by atoms with E-state index in [1.807, 2.05) is 9.80 Å². The Hall–Kier alpha value is -3.43. The third kappa shape index (κ3) is 3.00. The fraction of sp³-hybridized carbons (Fsp3) is 0.421. The average Bonchev–Trinajstić information content (AvgIpc) is 3.06. The summed E-state index contributed by atoms with van der Waals surface area (Å²) >= 11 is 0. The van der Waals surface area contributed by atoms with Crippen molar-refractivity contribution in [3.8, 4) is 5.75 Å². The van der Waals surface area contributed by atoms with Gasteiger partial charge in [0.2, 0.25) is 0 Å². The molecule has 5 rings (SSSR count). The van der Waals surface area contributed by atoms with Gasteiger partial charge in [0, 0.05) is 32.4 Å². The number of ether oxygens (including phenoxy) is 1. The summed E-state index contributed by atoms with van der Waals surface area (Å²) in [4.78, 5) is 37.5. The van der Waals surface area contributed by atoms with Crippen molar-refractivity contribution in [3.05, 3.63) is 40.7 Å². The minimum atomic E-state index is -0.250. The third-order valence-corrected chi connectivity index (χ3v) is 5.37. The molecule has 0 aliphatic carbocycles. The Kier molecular flexibility index (Phi) is 4.18. The molecule has 0 atom stereocenters. The Morgan fingerprint density at radius 2 is 1.93 bits per heavy atom. The molecule has 3 aromatic rings. The van der Waals surface area contributed by atoms with Gasteiger partial charge in [-0.15, -0.1) is 5.10 Å². The third-order valence-electron chi connectivity index (χ3n) is 5.37. The maximum atomic E-state index is 12.8. The van der Waals surface area contributed by atoms with Crippen LogP contribution in [-0.2, 0) is 7.05 Å². The number of piperidine rings is 1. The Balaban J connectivity index is 1.48. The second-order valence-corrected chi connectivity index (χ2v) is 7.28. The van der Waals surface area contributed by atoms with Crippen molar-refractivity contribution in [2.75, 3.05) is 31.1 Å². The quantitative estimate of drug-likeness (QED) is 0.638. The van der Waals surface area contributed by atoms with Gasteiger partial charge in [-0.3, -0.25) is 4.79 Å². The van der Waals surface area contributed by atoms with Crippen LogP contribution in [0.25, 0.3) is 5.65 Å². The first-order valence-electron chi connectivity index (χ1n) is 9.73. The Morgan fingerprint density at radius 1 is 1.10 bits per heavy atom. The van der Waals surface area contributed by atoms with Gasteiger partial charge in [-0.25, -0.2) is 23.8 Å². The Bertz CT molecular complexity index is 1150. The number of carbonyl (C=O) groups excluding carboxylic acids is 1. The van der Waals surface area contributed by atoms with E-state index in [0.717, 1.165) is 25.9 Å². The summed E-state index contributed by atoms with van der Waals surface area (Å²) in [5.41, 5.74) is 0.792. The SMILES string of the molecule is Cn1nc2cc(N3CCOc4cc(C(=O)N5CCCCC5)cnc43)ncn2c1=O. The van der Waals surface area contributed by atoms with Crippen molar-refractivity contribution in [1.29, 1.82) is 0 Å². The largest absolute Gasteiger partial charge is 0.488 e. The van der Waals surface area contributed by atoms with Crippen LogP contribution in [0.15, 0.2) is 29.5 Å². The lowest BCUT2D eigenvalue weighted by Crippen LogP contribution is -2.36. The molecule has 0 radical (unpaired) electrons. The van der Waals surface area contributed by atoms with Crippen LogP contribution in [0.5, 0.6) is 5.75 Å². The maximum Gasteiger partial charge on any atom is 0.351 e. The van der Waals surface area contributed by atoms with Crippen LogP contribution >= 0.6 is 0 Å². The predicted octanol–water partition coefficient (Wildman–Crippen LogP) is 0.980. The van der Waals surface area contributed by atoms with Crippen molar-refractivity contribution < 1.29 is 9.53 Å². The molecule has 1 amide bonds. The highest BCUT2D eigenvalue weighted by Gasteiger charge is 2.26. The summed E-state index contributed by atoms with van der Waals surface area (Å²) in [7, 11) is 1.60. The van der Waals surface area contributed by atoms with Crippen LogP contribution in [0.3, 0.4) is 0 Å². The Labute approximate surface area is 166 Å². The maximum absolute atomic E-state index is 12.8. The first-order valence-corrected chi connectivity index (χ1v) is 9.73. The normalized spacial score (nSPS) is 16.6. The first-order chi connectivity index (χ1) is 14.1. The molecule has 0 N–H and O–H groups in total. The Morgan fingerprint density at radius 3 is 2.76 bits per heavy atom. The minimum absolute atomic E-state index is 0.00636. The van der Waals surface area contributed by atoms with Gasteiger partial charge in [-0.2, -0.15) is 0 Å². The number of likely N-dealkylation sites (tertiary alicyclic amines) is 1. The number of fused-ring (bicyclic) bond motifs is 2. The van der Waals surface area contributed by atoms with Crippen LogP contribution in [0.1, 0.15) is 29.6 Å². The number of nitrogens with zero attached hydrogens (tertiary/aromatic N) is 7. The number of rotatable bonds is 2. The summed E-state index contributed by atoms with van der Waals surface area (Å²) in [5, 5.41) is 4.21. The van der Waals surface area contributed by atoms with E-state index in [4.69, 9.17) is 4.74 Å². The van der Waals surface area contributed by atoms with Gasteiger partial charge in [0.15, 0.2) is 17.2 Å². The lowest BCUT2D eigenvalue weighted by molar-refractivity contribution is 0.0723. The van der Waals surface area contributed by atoms with E-state index in [9.17, 15) is 9.59 Å².